The normalized spacial score (nSPS) is 39.0. The van der Waals surface area contributed by atoms with Crippen molar-refractivity contribution < 1.29 is 54.8 Å². The molecule has 1 aromatic carbocycles. The highest BCUT2D eigenvalue weighted by atomic mass is 16.7. The molecule has 0 unspecified atom stereocenters. The fourth-order valence-electron chi connectivity index (χ4n) is 5.39. The van der Waals surface area contributed by atoms with Crippen molar-refractivity contribution in [3.05, 3.63) is 29.5 Å². The van der Waals surface area contributed by atoms with E-state index in [4.69, 9.17) is 14.2 Å². The zero-order chi connectivity index (χ0) is 25.9. The lowest BCUT2D eigenvalue weighted by Crippen LogP contribution is -2.61. The standard InChI is InChI=1S/C23H30N2O11/c1-34-8-2-3-9-10-4-5-25-14(13(10)24-11(9)6-8)21(18(30)17(29)19(31)22(25)33)36-23-20(32)16(28)15(27)12(7-26)35-23/h2-3,6,12,14-21,23-24,26-32H,4-5,7H2,1H3/t12-,14+,15-,16+,17-,18+,19-,20-,21+,23+/m1/s1. The molecule has 3 aliphatic rings. The van der Waals surface area contributed by atoms with Crippen molar-refractivity contribution in [3.8, 4) is 5.75 Å². The SMILES string of the molecule is COc1ccc2c3c([nH]c2c1)[C@H]1[C@H](O[C@@H]2O[C@H](CO)[C@@H](O)[C@H](O)[C@H]2O)[C@@H](O)[C@@H](O)[C@@H](O)C(=O)N1CC3. The highest BCUT2D eigenvalue weighted by Gasteiger charge is 2.54. The molecule has 8 N–H and O–H groups in total. The van der Waals surface area contributed by atoms with Gasteiger partial charge in [-0.05, 0) is 24.1 Å². The second-order valence-corrected chi connectivity index (χ2v) is 9.38. The molecule has 0 aliphatic carbocycles. The number of rotatable bonds is 4. The minimum Gasteiger partial charge on any atom is -0.497 e. The van der Waals surface area contributed by atoms with Crippen molar-refractivity contribution >= 4 is 16.8 Å². The molecule has 13 heteroatoms. The molecule has 0 saturated carbocycles. The first-order chi connectivity index (χ1) is 17.2. The number of aromatic amines is 1. The maximum absolute atomic E-state index is 13.1. The van der Waals surface area contributed by atoms with Crippen LogP contribution in [0.1, 0.15) is 17.3 Å². The molecule has 2 fully saturated rings. The van der Waals surface area contributed by atoms with Crippen molar-refractivity contribution in [2.75, 3.05) is 20.3 Å². The summed E-state index contributed by atoms with van der Waals surface area (Å²) in [7, 11) is 1.53. The number of hydrogen-bond donors (Lipinski definition) is 8. The summed E-state index contributed by atoms with van der Waals surface area (Å²) in [6, 6.07) is 4.36. The van der Waals surface area contributed by atoms with E-state index in [-0.39, 0.29) is 6.54 Å². The van der Waals surface area contributed by atoms with E-state index in [1.165, 1.54) is 12.0 Å². The average Bonchev–Trinajstić information content (AvgIpc) is 3.24. The molecule has 1 amide bonds. The number of carbonyl (C=O) groups is 1. The second-order valence-electron chi connectivity index (χ2n) is 9.38. The van der Waals surface area contributed by atoms with Gasteiger partial charge in [-0.15, -0.1) is 0 Å². The Balaban J connectivity index is 1.59. The first-order valence-electron chi connectivity index (χ1n) is 11.7. The number of fused-ring (bicyclic) bond motifs is 5. The van der Waals surface area contributed by atoms with Crippen LogP contribution in [-0.2, 0) is 20.7 Å². The molecule has 198 valence electrons. The predicted octanol–water partition coefficient (Wildman–Crippen LogP) is -3.12. The minimum atomic E-state index is -1.93. The number of methoxy groups -OCH3 is 1. The van der Waals surface area contributed by atoms with Crippen LogP contribution in [-0.4, -0.2) is 127 Å². The van der Waals surface area contributed by atoms with Gasteiger partial charge in [0, 0.05) is 29.2 Å². The molecule has 2 saturated heterocycles. The monoisotopic (exact) mass is 510 g/mol. The Morgan fingerprint density at radius 2 is 1.81 bits per heavy atom. The highest BCUT2D eigenvalue weighted by Crippen LogP contribution is 2.42. The number of aromatic nitrogens is 1. The molecule has 13 nitrogen and oxygen atoms in total. The van der Waals surface area contributed by atoms with Gasteiger partial charge in [-0.1, -0.05) is 0 Å². The Kier molecular flexibility index (Phi) is 6.70. The van der Waals surface area contributed by atoms with Crippen LogP contribution < -0.4 is 4.74 Å². The number of nitrogens with zero attached hydrogens (tertiary/aromatic N) is 1. The third-order valence-corrected chi connectivity index (χ3v) is 7.38. The fourth-order valence-corrected chi connectivity index (χ4v) is 5.39. The third-order valence-electron chi connectivity index (χ3n) is 7.38. The van der Waals surface area contributed by atoms with Crippen LogP contribution in [0.25, 0.3) is 10.9 Å². The third kappa shape index (κ3) is 3.88. The molecule has 4 heterocycles. The quantitative estimate of drug-likeness (QED) is 0.207. The number of carbonyl (C=O) groups excluding carboxylic acids is 1. The first-order valence-corrected chi connectivity index (χ1v) is 11.7. The fraction of sp³-hybridized carbons (Fsp3) is 0.609. The molecule has 10 atom stereocenters. The summed E-state index contributed by atoms with van der Waals surface area (Å²) in [4.78, 5) is 17.6. The number of benzene rings is 1. The lowest BCUT2D eigenvalue weighted by atomic mass is 9.91. The van der Waals surface area contributed by atoms with Gasteiger partial charge in [0.25, 0.3) is 5.91 Å². The molecule has 5 rings (SSSR count). The lowest BCUT2D eigenvalue weighted by molar-refractivity contribution is -0.323. The van der Waals surface area contributed by atoms with Crippen LogP contribution in [0.15, 0.2) is 18.2 Å². The van der Waals surface area contributed by atoms with Crippen molar-refractivity contribution in [3.63, 3.8) is 0 Å². The summed E-state index contributed by atoms with van der Waals surface area (Å²) < 4.78 is 16.7. The Morgan fingerprint density at radius 3 is 2.50 bits per heavy atom. The molecule has 0 radical (unpaired) electrons. The van der Waals surface area contributed by atoms with E-state index in [0.717, 1.165) is 10.9 Å². The molecule has 1 aromatic heterocycles. The minimum absolute atomic E-state index is 0.139. The van der Waals surface area contributed by atoms with Crippen LogP contribution in [0.2, 0.25) is 0 Å². The Morgan fingerprint density at radius 1 is 1.06 bits per heavy atom. The van der Waals surface area contributed by atoms with E-state index < -0.39 is 73.7 Å². The average molecular weight is 510 g/mol. The van der Waals surface area contributed by atoms with Gasteiger partial charge in [0.1, 0.15) is 54.5 Å². The molecule has 36 heavy (non-hydrogen) atoms. The number of ether oxygens (including phenoxy) is 3. The van der Waals surface area contributed by atoms with Crippen molar-refractivity contribution in [1.82, 2.24) is 9.88 Å². The number of nitrogens with one attached hydrogen (secondary N) is 1. The largest absolute Gasteiger partial charge is 0.497 e. The highest BCUT2D eigenvalue weighted by molar-refractivity contribution is 5.88. The molecule has 3 aliphatic heterocycles. The van der Waals surface area contributed by atoms with Gasteiger partial charge in [-0.25, -0.2) is 0 Å². The van der Waals surface area contributed by atoms with Gasteiger partial charge >= 0.3 is 0 Å². The number of hydrogen-bond acceptors (Lipinski definition) is 11. The Bertz CT molecular complexity index is 1120. The van der Waals surface area contributed by atoms with Gasteiger partial charge in [0.05, 0.1) is 13.7 Å². The topological polar surface area (TPSA) is 205 Å². The van der Waals surface area contributed by atoms with Crippen LogP contribution in [0.4, 0.5) is 0 Å². The van der Waals surface area contributed by atoms with Gasteiger partial charge < -0.3 is 59.8 Å². The summed E-state index contributed by atoms with van der Waals surface area (Å²) >= 11 is 0. The predicted molar refractivity (Wildman–Crippen MR) is 120 cm³/mol. The van der Waals surface area contributed by atoms with Gasteiger partial charge in [-0.3, -0.25) is 4.79 Å². The van der Waals surface area contributed by atoms with E-state index in [2.05, 4.69) is 4.98 Å². The first kappa shape index (κ1) is 25.3. The summed E-state index contributed by atoms with van der Waals surface area (Å²) in [5, 5.41) is 73.2. The summed E-state index contributed by atoms with van der Waals surface area (Å²) in [6.45, 7) is -0.554. The molecule has 2 aromatic rings. The summed E-state index contributed by atoms with van der Waals surface area (Å²) in [5.41, 5.74) is 2.02. The molecular formula is C23H30N2O11. The molecule has 0 spiro atoms. The van der Waals surface area contributed by atoms with Gasteiger partial charge in [0.2, 0.25) is 0 Å². The number of H-pyrrole nitrogens is 1. The maximum atomic E-state index is 13.1. The van der Waals surface area contributed by atoms with Crippen molar-refractivity contribution in [2.24, 2.45) is 0 Å². The van der Waals surface area contributed by atoms with Gasteiger partial charge in [-0.2, -0.15) is 0 Å². The van der Waals surface area contributed by atoms with E-state index >= 15 is 0 Å². The number of aliphatic hydroxyl groups is 7. The van der Waals surface area contributed by atoms with Crippen LogP contribution in [0, 0.1) is 0 Å². The van der Waals surface area contributed by atoms with E-state index in [0.29, 0.717) is 23.4 Å². The smallest absolute Gasteiger partial charge is 0.254 e. The second kappa shape index (κ2) is 9.52. The van der Waals surface area contributed by atoms with Crippen LogP contribution in [0.5, 0.6) is 5.75 Å². The molecule has 0 bridgehead atoms. The molecular weight excluding hydrogens is 480 g/mol. The number of aliphatic hydroxyl groups excluding tert-OH is 7. The Hall–Kier alpha value is -2.33. The van der Waals surface area contributed by atoms with Gasteiger partial charge in [0.15, 0.2) is 12.4 Å². The zero-order valence-corrected chi connectivity index (χ0v) is 19.3. The van der Waals surface area contributed by atoms with Crippen molar-refractivity contribution in [1.29, 1.82) is 0 Å². The maximum Gasteiger partial charge on any atom is 0.254 e. The van der Waals surface area contributed by atoms with Crippen LogP contribution >= 0.6 is 0 Å². The van der Waals surface area contributed by atoms with Crippen molar-refractivity contribution in [2.45, 2.75) is 67.6 Å². The Labute approximate surface area is 205 Å². The lowest BCUT2D eigenvalue weighted by Gasteiger charge is -2.44. The van der Waals surface area contributed by atoms with E-state index in [1.54, 1.807) is 12.1 Å². The number of amides is 1. The van der Waals surface area contributed by atoms with E-state index in [1.807, 2.05) is 6.07 Å². The van der Waals surface area contributed by atoms with E-state index in [9.17, 15) is 40.5 Å². The van der Waals surface area contributed by atoms with Crippen LogP contribution in [0.3, 0.4) is 0 Å². The zero-order valence-electron chi connectivity index (χ0n) is 19.3. The summed E-state index contributed by atoms with van der Waals surface area (Å²) in [5.74, 6) is -0.219. The summed E-state index contributed by atoms with van der Waals surface area (Å²) in [6.07, 6.45) is -14.8.